The predicted molar refractivity (Wildman–Crippen MR) is 50.6 cm³/mol. The number of nitrogens with two attached hydrogens (primary N) is 1. The Morgan fingerprint density at radius 1 is 1.80 bits per heavy atom. The molecule has 0 spiro atoms. The van der Waals surface area contributed by atoms with Crippen LogP contribution in [-0.4, -0.2) is 4.98 Å². The number of hydrogen-bond donors (Lipinski definition) is 2. The van der Waals surface area contributed by atoms with E-state index in [0.717, 1.165) is 5.69 Å². The molecule has 3 heteroatoms. The first kappa shape index (κ1) is 7.81. The lowest BCUT2D eigenvalue weighted by Gasteiger charge is -2.00. The Hall–Kier alpha value is -0.290. The second kappa shape index (κ2) is 3.21. The van der Waals surface area contributed by atoms with Gasteiger partial charge in [-0.1, -0.05) is 6.08 Å². The number of nitrogens with one attached hydrogen (secondary N) is 1. The fourth-order valence-corrected chi connectivity index (χ4v) is 1.19. The van der Waals surface area contributed by atoms with Gasteiger partial charge in [0.2, 0.25) is 0 Å². The van der Waals surface area contributed by atoms with Crippen LogP contribution >= 0.6 is 22.6 Å². The van der Waals surface area contributed by atoms with E-state index in [-0.39, 0.29) is 6.04 Å². The molecule has 54 valence electrons. The Bertz CT molecular complexity index is 229. The highest BCUT2D eigenvalue weighted by Gasteiger charge is 2.01. The molecule has 1 aromatic rings. The van der Waals surface area contributed by atoms with Crippen LogP contribution in [-0.2, 0) is 0 Å². The van der Waals surface area contributed by atoms with Gasteiger partial charge in [0.15, 0.2) is 0 Å². The fourth-order valence-electron chi connectivity index (χ4n) is 0.704. The minimum atomic E-state index is -0.0662. The first-order valence-electron chi connectivity index (χ1n) is 2.96. The van der Waals surface area contributed by atoms with Gasteiger partial charge >= 0.3 is 0 Å². The third-order valence-electron chi connectivity index (χ3n) is 1.28. The van der Waals surface area contributed by atoms with Gasteiger partial charge in [0, 0.05) is 15.5 Å². The summed E-state index contributed by atoms with van der Waals surface area (Å²) >= 11 is 2.23. The van der Waals surface area contributed by atoms with Crippen LogP contribution in [0.5, 0.6) is 0 Å². The number of halogens is 1. The van der Waals surface area contributed by atoms with Gasteiger partial charge in [0.25, 0.3) is 0 Å². The molecular weight excluding hydrogens is 239 g/mol. The summed E-state index contributed by atoms with van der Waals surface area (Å²) in [6.45, 7) is 3.60. The molecule has 1 rings (SSSR count). The zero-order chi connectivity index (χ0) is 7.56. The molecule has 2 nitrogen and oxygen atoms in total. The van der Waals surface area contributed by atoms with E-state index in [0.29, 0.717) is 0 Å². The van der Waals surface area contributed by atoms with E-state index in [9.17, 15) is 0 Å². The predicted octanol–water partition coefficient (Wildman–Crippen LogP) is 1.81. The van der Waals surface area contributed by atoms with Crippen molar-refractivity contribution in [2.75, 3.05) is 0 Å². The molecule has 1 unspecified atom stereocenters. The highest BCUT2D eigenvalue weighted by Crippen LogP contribution is 2.12. The molecule has 0 aliphatic rings. The van der Waals surface area contributed by atoms with E-state index in [4.69, 9.17) is 5.73 Å². The molecule has 0 aliphatic heterocycles. The second-order valence-corrected chi connectivity index (χ2v) is 3.28. The lowest BCUT2D eigenvalue weighted by atomic mass is 10.2. The molecule has 1 aromatic heterocycles. The van der Waals surface area contributed by atoms with Gasteiger partial charge in [-0.3, -0.25) is 0 Å². The van der Waals surface area contributed by atoms with Crippen LogP contribution in [0.15, 0.2) is 24.9 Å². The Morgan fingerprint density at radius 3 is 2.90 bits per heavy atom. The molecule has 0 saturated heterocycles. The third-order valence-corrected chi connectivity index (χ3v) is 1.91. The van der Waals surface area contributed by atoms with Gasteiger partial charge in [0.1, 0.15) is 0 Å². The van der Waals surface area contributed by atoms with Crippen molar-refractivity contribution in [2.24, 2.45) is 5.73 Å². The van der Waals surface area contributed by atoms with Crippen molar-refractivity contribution in [1.29, 1.82) is 0 Å². The van der Waals surface area contributed by atoms with Crippen molar-refractivity contribution in [3.05, 3.63) is 34.2 Å². The first-order valence-corrected chi connectivity index (χ1v) is 4.04. The van der Waals surface area contributed by atoms with E-state index in [1.165, 1.54) is 3.57 Å². The molecule has 0 saturated carbocycles. The van der Waals surface area contributed by atoms with Crippen molar-refractivity contribution in [2.45, 2.75) is 6.04 Å². The van der Waals surface area contributed by atoms with Crippen molar-refractivity contribution >= 4 is 22.6 Å². The summed E-state index contributed by atoms with van der Waals surface area (Å²) < 4.78 is 1.17. The Labute approximate surface area is 73.6 Å². The number of aromatic nitrogens is 1. The van der Waals surface area contributed by atoms with Crippen LogP contribution in [0.25, 0.3) is 0 Å². The van der Waals surface area contributed by atoms with Gasteiger partial charge in [0.05, 0.1) is 6.04 Å². The minimum absolute atomic E-state index is 0.0662. The van der Waals surface area contributed by atoms with Crippen molar-refractivity contribution < 1.29 is 0 Å². The van der Waals surface area contributed by atoms with E-state index < -0.39 is 0 Å². The summed E-state index contributed by atoms with van der Waals surface area (Å²) in [5, 5.41) is 0. The molecule has 0 bridgehead atoms. The molecule has 0 aromatic carbocycles. The normalized spacial score (nSPS) is 13.0. The fraction of sp³-hybridized carbons (Fsp3) is 0.143. The van der Waals surface area contributed by atoms with Crippen LogP contribution in [0.2, 0.25) is 0 Å². The van der Waals surface area contributed by atoms with E-state index in [1.807, 2.05) is 12.3 Å². The second-order valence-electron chi connectivity index (χ2n) is 2.03. The number of H-pyrrole nitrogens is 1. The van der Waals surface area contributed by atoms with Crippen molar-refractivity contribution in [3.63, 3.8) is 0 Å². The summed E-state index contributed by atoms with van der Waals surface area (Å²) in [7, 11) is 0. The number of rotatable bonds is 2. The average molecular weight is 248 g/mol. The van der Waals surface area contributed by atoms with E-state index >= 15 is 0 Å². The topological polar surface area (TPSA) is 41.8 Å². The average Bonchev–Trinajstić information content (AvgIpc) is 2.34. The third kappa shape index (κ3) is 1.60. The summed E-state index contributed by atoms with van der Waals surface area (Å²) in [4.78, 5) is 3.05. The number of aromatic amines is 1. The maximum absolute atomic E-state index is 5.65. The van der Waals surface area contributed by atoms with Gasteiger partial charge in [-0.25, -0.2) is 0 Å². The number of hydrogen-bond acceptors (Lipinski definition) is 1. The molecule has 1 heterocycles. The van der Waals surface area contributed by atoms with E-state index in [1.54, 1.807) is 6.08 Å². The molecule has 10 heavy (non-hydrogen) atoms. The Morgan fingerprint density at radius 2 is 2.50 bits per heavy atom. The van der Waals surface area contributed by atoms with Gasteiger partial charge in [-0.05, 0) is 28.7 Å². The quantitative estimate of drug-likeness (QED) is 0.608. The van der Waals surface area contributed by atoms with Crippen molar-refractivity contribution in [1.82, 2.24) is 4.98 Å². The zero-order valence-electron chi connectivity index (χ0n) is 5.47. The van der Waals surface area contributed by atoms with Gasteiger partial charge in [-0.15, -0.1) is 6.58 Å². The summed E-state index contributed by atoms with van der Waals surface area (Å²) in [5.74, 6) is 0. The molecular formula is C7H9IN2. The molecule has 3 N–H and O–H groups in total. The van der Waals surface area contributed by atoms with Crippen molar-refractivity contribution in [3.8, 4) is 0 Å². The van der Waals surface area contributed by atoms with Crippen LogP contribution < -0.4 is 5.73 Å². The standard InChI is InChI=1S/C7H9IN2/c1-2-6(9)7-3-5(8)4-10-7/h2-4,6,10H,1,9H2. The monoisotopic (exact) mass is 248 g/mol. The molecule has 0 radical (unpaired) electrons. The van der Waals surface area contributed by atoms with Gasteiger partial charge < -0.3 is 10.7 Å². The maximum atomic E-state index is 5.65. The Kier molecular flexibility index (Phi) is 2.50. The Balaban J connectivity index is 2.84. The van der Waals surface area contributed by atoms with E-state index in [2.05, 4.69) is 34.2 Å². The SMILES string of the molecule is C=CC(N)c1cc(I)c[nH]1. The summed E-state index contributed by atoms with van der Waals surface area (Å²) in [5.41, 5.74) is 6.67. The van der Waals surface area contributed by atoms with Crippen LogP contribution in [0.3, 0.4) is 0 Å². The highest BCUT2D eigenvalue weighted by molar-refractivity contribution is 14.1. The zero-order valence-corrected chi connectivity index (χ0v) is 7.63. The van der Waals surface area contributed by atoms with Crippen LogP contribution in [0.4, 0.5) is 0 Å². The highest BCUT2D eigenvalue weighted by atomic mass is 127. The van der Waals surface area contributed by atoms with Crippen LogP contribution in [0, 0.1) is 3.57 Å². The molecule has 1 atom stereocenters. The molecule has 0 amide bonds. The lowest BCUT2D eigenvalue weighted by molar-refractivity contribution is 0.876. The largest absolute Gasteiger partial charge is 0.362 e. The smallest absolute Gasteiger partial charge is 0.0631 e. The van der Waals surface area contributed by atoms with Crippen LogP contribution in [0.1, 0.15) is 11.7 Å². The van der Waals surface area contributed by atoms with Gasteiger partial charge in [-0.2, -0.15) is 0 Å². The maximum Gasteiger partial charge on any atom is 0.0631 e. The first-order chi connectivity index (χ1) is 4.74. The molecule has 0 fully saturated rings. The minimum Gasteiger partial charge on any atom is -0.362 e. The summed E-state index contributed by atoms with van der Waals surface area (Å²) in [6.07, 6.45) is 3.63. The molecule has 0 aliphatic carbocycles. The summed E-state index contributed by atoms with van der Waals surface area (Å²) in [6, 6.07) is 1.94. The lowest BCUT2D eigenvalue weighted by Crippen LogP contribution is -2.06.